The lowest BCUT2D eigenvalue weighted by Gasteiger charge is -2.15. The van der Waals surface area contributed by atoms with Gasteiger partial charge in [0.25, 0.3) is 0 Å². The molecule has 2 amide bonds. The number of anilines is 2. The number of benzene rings is 2. The first-order valence-electron chi connectivity index (χ1n) is 10.4. The summed E-state index contributed by atoms with van der Waals surface area (Å²) >= 11 is 0. The van der Waals surface area contributed by atoms with Crippen LogP contribution in [0.5, 0.6) is 0 Å². The number of nitrogen functional groups attached to an aromatic ring is 1. The van der Waals surface area contributed by atoms with Crippen molar-refractivity contribution in [3.8, 4) is 11.1 Å². The Morgan fingerprint density at radius 1 is 1.11 bits per heavy atom. The van der Waals surface area contributed by atoms with Crippen LogP contribution in [0.15, 0.2) is 48.7 Å². The fourth-order valence-electron chi connectivity index (χ4n) is 3.36. The summed E-state index contributed by atoms with van der Waals surface area (Å²) in [6.07, 6.45) is 0.175. The summed E-state index contributed by atoms with van der Waals surface area (Å²) in [6, 6.07) is 8.17. The van der Waals surface area contributed by atoms with Crippen molar-refractivity contribution in [3.05, 3.63) is 77.6 Å². The lowest BCUT2D eigenvalue weighted by atomic mass is 10.0. The van der Waals surface area contributed by atoms with E-state index in [1.54, 1.807) is 13.0 Å². The molecule has 3 N–H and O–H groups in total. The highest BCUT2D eigenvalue weighted by molar-refractivity contribution is 5.90. The van der Waals surface area contributed by atoms with Crippen molar-refractivity contribution >= 4 is 23.4 Å². The molecule has 1 fully saturated rings. The predicted octanol–water partition coefficient (Wildman–Crippen LogP) is 4.34. The lowest BCUT2D eigenvalue weighted by molar-refractivity contribution is -0.119. The van der Waals surface area contributed by atoms with Crippen molar-refractivity contribution in [3.63, 3.8) is 0 Å². The normalized spacial score (nSPS) is 14.7. The van der Waals surface area contributed by atoms with Gasteiger partial charge < -0.3 is 15.8 Å². The maximum atomic E-state index is 14.6. The smallest absolute Gasteiger partial charge is 0.414 e. The van der Waals surface area contributed by atoms with E-state index in [9.17, 15) is 27.2 Å². The van der Waals surface area contributed by atoms with Crippen LogP contribution < -0.4 is 16.0 Å². The molecule has 3 aromatic rings. The Hall–Kier alpha value is -4.15. The van der Waals surface area contributed by atoms with Gasteiger partial charge in [0, 0.05) is 30.6 Å². The van der Waals surface area contributed by atoms with Crippen LogP contribution in [-0.2, 0) is 9.53 Å². The van der Waals surface area contributed by atoms with E-state index in [4.69, 9.17) is 10.5 Å². The molecule has 0 spiro atoms. The third kappa shape index (κ3) is 6.69. The van der Waals surface area contributed by atoms with E-state index in [1.807, 2.05) is 0 Å². The monoisotopic (exact) mass is 490 g/mol. The molecule has 0 aliphatic carbocycles. The molecule has 0 saturated carbocycles. The standard InChI is InChI=1S/C18H17F2N3O3.C6H5F2N/c1-10-5-12(3-4-21-10)17-15(19)6-13(7-16(17)20)23-9-14(26-18(23)25)8-22-11(2)24;7-4-1-5(8)3-6(9)2-4/h3-7,14H,8-9H2,1-2H3,(H,22,24);1-3H,9H2. The Labute approximate surface area is 198 Å². The number of nitrogens with two attached hydrogens (primary N) is 1. The molecule has 184 valence electrons. The van der Waals surface area contributed by atoms with E-state index >= 15 is 0 Å². The molecule has 7 nitrogen and oxygen atoms in total. The zero-order valence-electron chi connectivity index (χ0n) is 18.8. The van der Waals surface area contributed by atoms with Crippen LogP contribution in [0, 0.1) is 30.2 Å². The number of halogens is 4. The summed E-state index contributed by atoms with van der Waals surface area (Å²) in [7, 11) is 0. The number of nitrogens with one attached hydrogen (secondary N) is 1. The van der Waals surface area contributed by atoms with Crippen LogP contribution in [-0.4, -0.2) is 36.2 Å². The highest BCUT2D eigenvalue weighted by Crippen LogP contribution is 2.32. The molecule has 2 heterocycles. The number of cyclic esters (lactones) is 1. The maximum absolute atomic E-state index is 14.6. The van der Waals surface area contributed by atoms with Gasteiger partial charge in [0.05, 0.1) is 24.3 Å². The third-order valence-electron chi connectivity index (χ3n) is 4.86. The first-order valence-corrected chi connectivity index (χ1v) is 10.4. The third-order valence-corrected chi connectivity index (χ3v) is 4.86. The Morgan fingerprint density at radius 3 is 2.29 bits per heavy atom. The van der Waals surface area contributed by atoms with E-state index in [2.05, 4.69) is 10.3 Å². The minimum atomic E-state index is -0.788. The molecule has 1 saturated heterocycles. The van der Waals surface area contributed by atoms with Crippen molar-refractivity contribution < 1.29 is 31.9 Å². The SMILES string of the molecule is CC(=O)NCC1CN(c2cc(F)c(-c3ccnc(C)c3)c(F)c2)C(=O)O1.Nc1cc(F)cc(F)c1. The highest BCUT2D eigenvalue weighted by atomic mass is 19.1. The van der Waals surface area contributed by atoms with Gasteiger partial charge in [-0.25, -0.2) is 22.4 Å². The largest absolute Gasteiger partial charge is 0.442 e. The number of hydrogen-bond acceptors (Lipinski definition) is 5. The number of aromatic nitrogens is 1. The summed E-state index contributed by atoms with van der Waals surface area (Å²) in [6.45, 7) is 3.30. The number of carbonyl (C=O) groups is 2. The topological polar surface area (TPSA) is 97.5 Å². The van der Waals surface area contributed by atoms with Crippen molar-refractivity contribution in [2.75, 3.05) is 23.7 Å². The molecule has 2 aromatic carbocycles. The second-order valence-corrected chi connectivity index (χ2v) is 7.73. The van der Waals surface area contributed by atoms with Crippen LogP contribution in [0.4, 0.5) is 33.7 Å². The Morgan fingerprint density at radius 2 is 1.74 bits per heavy atom. The summed E-state index contributed by atoms with van der Waals surface area (Å²) in [5, 5.41) is 2.54. The first-order chi connectivity index (χ1) is 16.5. The zero-order valence-corrected chi connectivity index (χ0v) is 18.8. The van der Waals surface area contributed by atoms with Crippen LogP contribution in [0.2, 0.25) is 0 Å². The van der Waals surface area contributed by atoms with Gasteiger partial charge in [-0.3, -0.25) is 14.7 Å². The van der Waals surface area contributed by atoms with Crippen molar-refractivity contribution in [2.45, 2.75) is 20.0 Å². The quantitative estimate of drug-likeness (QED) is 0.419. The van der Waals surface area contributed by atoms with Crippen LogP contribution in [0.3, 0.4) is 0 Å². The molecule has 1 atom stereocenters. The maximum Gasteiger partial charge on any atom is 0.414 e. The Kier molecular flexibility index (Phi) is 7.90. The van der Waals surface area contributed by atoms with E-state index in [0.717, 1.165) is 35.2 Å². The Balaban J connectivity index is 0.000000320. The molecule has 0 bridgehead atoms. The fraction of sp³-hybridized carbons (Fsp3) is 0.208. The number of rotatable bonds is 4. The van der Waals surface area contributed by atoms with E-state index in [0.29, 0.717) is 11.3 Å². The second-order valence-electron chi connectivity index (χ2n) is 7.73. The summed E-state index contributed by atoms with van der Waals surface area (Å²) in [5.74, 6) is -3.12. The number of amides is 2. The van der Waals surface area contributed by atoms with Gasteiger partial charge in [-0.05, 0) is 48.9 Å². The van der Waals surface area contributed by atoms with Gasteiger partial charge in [0.15, 0.2) is 0 Å². The average Bonchev–Trinajstić information content (AvgIpc) is 3.12. The summed E-state index contributed by atoms with van der Waals surface area (Å²) < 4.78 is 58.5. The zero-order chi connectivity index (χ0) is 25.7. The van der Waals surface area contributed by atoms with Crippen molar-refractivity contribution in [1.29, 1.82) is 0 Å². The van der Waals surface area contributed by atoms with Gasteiger partial charge in [-0.15, -0.1) is 0 Å². The molecular weight excluding hydrogens is 468 g/mol. The van der Waals surface area contributed by atoms with Gasteiger partial charge >= 0.3 is 6.09 Å². The molecule has 4 rings (SSSR count). The number of pyridine rings is 1. The van der Waals surface area contributed by atoms with E-state index < -0.39 is 35.5 Å². The molecular formula is C24H22F4N4O3. The number of hydrogen-bond donors (Lipinski definition) is 2. The van der Waals surface area contributed by atoms with Crippen LogP contribution in [0.1, 0.15) is 12.6 Å². The molecule has 1 aliphatic rings. The second kappa shape index (κ2) is 10.9. The average molecular weight is 490 g/mol. The van der Waals surface area contributed by atoms with Gasteiger partial charge in [-0.1, -0.05) is 0 Å². The number of aryl methyl sites for hydroxylation is 1. The lowest BCUT2D eigenvalue weighted by Crippen LogP contribution is -2.33. The van der Waals surface area contributed by atoms with E-state index in [1.165, 1.54) is 19.2 Å². The van der Waals surface area contributed by atoms with Crippen molar-refractivity contribution in [1.82, 2.24) is 10.3 Å². The van der Waals surface area contributed by atoms with Gasteiger partial charge in [0.2, 0.25) is 5.91 Å². The molecule has 1 aliphatic heterocycles. The molecule has 0 radical (unpaired) electrons. The molecule has 1 aromatic heterocycles. The molecule has 1 unspecified atom stereocenters. The minimum absolute atomic E-state index is 0.0600. The molecule has 35 heavy (non-hydrogen) atoms. The van der Waals surface area contributed by atoms with Crippen LogP contribution >= 0.6 is 0 Å². The number of carbonyl (C=O) groups excluding carboxylic acids is 2. The van der Waals surface area contributed by atoms with Crippen molar-refractivity contribution in [2.24, 2.45) is 0 Å². The van der Waals surface area contributed by atoms with E-state index in [-0.39, 0.29) is 35.9 Å². The predicted molar refractivity (Wildman–Crippen MR) is 121 cm³/mol. The highest BCUT2D eigenvalue weighted by Gasteiger charge is 2.33. The molecule has 11 heteroatoms. The Bertz CT molecular complexity index is 1180. The van der Waals surface area contributed by atoms with Gasteiger partial charge in [0.1, 0.15) is 29.4 Å². The summed E-state index contributed by atoms with van der Waals surface area (Å²) in [5.41, 5.74) is 6.07. The van der Waals surface area contributed by atoms with Gasteiger partial charge in [-0.2, -0.15) is 0 Å². The first kappa shape index (κ1) is 25.5. The minimum Gasteiger partial charge on any atom is -0.442 e. The fourth-order valence-corrected chi connectivity index (χ4v) is 3.36. The number of nitrogens with zero attached hydrogens (tertiary/aromatic N) is 2. The van der Waals surface area contributed by atoms with Crippen LogP contribution in [0.25, 0.3) is 11.1 Å². The number of ether oxygens (including phenoxy) is 1. The summed E-state index contributed by atoms with van der Waals surface area (Å²) in [4.78, 5) is 28.1.